The van der Waals surface area contributed by atoms with Crippen molar-refractivity contribution in [3.8, 4) is 5.75 Å². The summed E-state index contributed by atoms with van der Waals surface area (Å²) in [4.78, 5) is 13.6. The lowest BCUT2D eigenvalue weighted by molar-refractivity contribution is -0.229. The lowest BCUT2D eigenvalue weighted by Crippen LogP contribution is -2.51. The van der Waals surface area contributed by atoms with Gasteiger partial charge in [0.2, 0.25) is 12.2 Å². The average molecular weight is 364 g/mol. The largest absolute Gasteiger partial charge is 0.463 e. The third-order valence-electron chi connectivity index (χ3n) is 3.93. The quantitative estimate of drug-likeness (QED) is 0.613. The van der Waals surface area contributed by atoms with E-state index in [9.17, 15) is 20.1 Å². The van der Waals surface area contributed by atoms with Crippen molar-refractivity contribution in [1.29, 1.82) is 0 Å². The molecule has 3 rings (SSSR count). The summed E-state index contributed by atoms with van der Waals surface area (Å²) in [5, 5.41) is 29.8. The average Bonchev–Trinajstić information content (AvgIpc) is 2.58. The molecule has 5 N–H and O–H groups in total. The Balaban J connectivity index is 0.000000552. The number of aliphatic hydroxyl groups excluding tert-OH is 3. The third-order valence-corrected chi connectivity index (χ3v) is 3.93. The number of nitrogens with two attached hydrogens (primary N) is 1. The molecular weight excluding hydrogens is 340 g/mol. The second-order valence-corrected chi connectivity index (χ2v) is 6.09. The van der Waals surface area contributed by atoms with E-state index in [1.165, 1.54) is 6.92 Å². The van der Waals surface area contributed by atoms with Crippen LogP contribution in [-0.2, 0) is 9.53 Å². The Morgan fingerprint density at radius 1 is 1.38 bits per heavy atom. The number of amides is 1. The van der Waals surface area contributed by atoms with E-state index in [4.69, 9.17) is 9.47 Å². The highest BCUT2D eigenvalue weighted by Gasteiger charge is 2.37. The topological polar surface area (TPSA) is 135 Å². The van der Waals surface area contributed by atoms with Crippen LogP contribution in [0.25, 0.3) is 10.9 Å². The van der Waals surface area contributed by atoms with E-state index in [-0.39, 0.29) is 18.9 Å². The van der Waals surface area contributed by atoms with Gasteiger partial charge in [0.25, 0.3) is 0 Å². The Hall–Kier alpha value is -2.26. The molecule has 8 heteroatoms. The van der Waals surface area contributed by atoms with Crippen molar-refractivity contribution in [1.82, 2.24) is 4.98 Å². The second kappa shape index (κ2) is 8.91. The number of carbonyl (C=O) groups excluding carboxylic acids is 1. The molecular formula is C18H24N2O6. The molecule has 0 saturated carbocycles. The summed E-state index contributed by atoms with van der Waals surface area (Å²) < 4.78 is 11.3. The molecule has 142 valence electrons. The minimum atomic E-state index is -1.11. The first-order valence-electron chi connectivity index (χ1n) is 8.23. The predicted molar refractivity (Wildman–Crippen MR) is 94.4 cm³/mol. The number of pyridine rings is 1. The fourth-order valence-corrected chi connectivity index (χ4v) is 2.67. The Morgan fingerprint density at radius 3 is 2.73 bits per heavy atom. The normalized spacial score (nSPS) is 25.3. The molecule has 1 aromatic heterocycles. The van der Waals surface area contributed by atoms with Gasteiger partial charge in [0, 0.05) is 24.9 Å². The first kappa shape index (κ1) is 20.1. The fourth-order valence-electron chi connectivity index (χ4n) is 2.67. The van der Waals surface area contributed by atoms with Gasteiger partial charge in [0.1, 0.15) is 23.5 Å². The highest BCUT2D eigenvalue weighted by atomic mass is 16.7. The number of fused-ring (bicyclic) bond motifs is 1. The summed E-state index contributed by atoms with van der Waals surface area (Å²) in [6, 6.07) is 7.53. The molecule has 1 saturated heterocycles. The van der Waals surface area contributed by atoms with Crippen molar-refractivity contribution >= 4 is 16.8 Å². The highest BCUT2D eigenvalue weighted by Crippen LogP contribution is 2.29. The Labute approximate surface area is 151 Å². The Kier molecular flexibility index (Phi) is 6.87. The molecule has 1 aliphatic rings. The molecule has 2 heterocycles. The summed E-state index contributed by atoms with van der Waals surface area (Å²) >= 11 is 0. The fraction of sp³-hybridized carbons (Fsp3) is 0.444. The van der Waals surface area contributed by atoms with Gasteiger partial charge < -0.3 is 30.5 Å². The molecule has 1 aliphatic heterocycles. The number of carbonyl (C=O) groups is 1. The Morgan fingerprint density at radius 2 is 2.08 bits per heavy atom. The van der Waals surface area contributed by atoms with Gasteiger partial charge in [0.15, 0.2) is 0 Å². The predicted octanol–water partition coefficient (Wildman–Crippen LogP) is 0.243. The van der Waals surface area contributed by atoms with Crippen molar-refractivity contribution in [2.24, 2.45) is 5.73 Å². The van der Waals surface area contributed by atoms with Crippen LogP contribution >= 0.6 is 0 Å². The Bertz CT molecular complexity index is 750. The minimum absolute atomic E-state index is 0.125. The molecule has 4 unspecified atom stereocenters. The maximum Gasteiger partial charge on any atom is 0.214 e. The summed E-state index contributed by atoms with van der Waals surface area (Å²) in [6.07, 6.45) is -1.89. The van der Waals surface area contributed by atoms with Crippen LogP contribution in [0.15, 0.2) is 30.5 Å². The van der Waals surface area contributed by atoms with Gasteiger partial charge in [0.05, 0.1) is 12.7 Å². The molecule has 0 radical (unpaired) electrons. The molecule has 1 aromatic carbocycles. The van der Waals surface area contributed by atoms with Gasteiger partial charge in [-0.1, -0.05) is 12.1 Å². The van der Waals surface area contributed by atoms with Crippen LogP contribution in [0.3, 0.4) is 0 Å². The lowest BCUT2D eigenvalue weighted by Gasteiger charge is -2.36. The van der Waals surface area contributed by atoms with Crippen LogP contribution in [0, 0.1) is 6.92 Å². The van der Waals surface area contributed by atoms with Crippen molar-refractivity contribution in [3.63, 3.8) is 0 Å². The SMILES string of the molecule is CC(N)=O.Cc1ccnc2c(OC3CC(O)C(O)C(CO)O3)cccc12. The number of aliphatic hydroxyl groups is 3. The molecule has 0 spiro atoms. The molecule has 4 atom stereocenters. The van der Waals surface area contributed by atoms with E-state index in [1.807, 2.05) is 25.1 Å². The summed E-state index contributed by atoms with van der Waals surface area (Å²) in [5.41, 5.74) is 6.27. The maximum atomic E-state index is 9.85. The van der Waals surface area contributed by atoms with E-state index >= 15 is 0 Å². The van der Waals surface area contributed by atoms with Crippen LogP contribution in [0.4, 0.5) is 0 Å². The molecule has 1 fully saturated rings. The van der Waals surface area contributed by atoms with Gasteiger partial charge in [-0.3, -0.25) is 9.78 Å². The van der Waals surface area contributed by atoms with Crippen molar-refractivity contribution in [2.75, 3.05) is 6.61 Å². The number of rotatable bonds is 3. The van der Waals surface area contributed by atoms with Crippen LogP contribution in [0.2, 0.25) is 0 Å². The summed E-state index contributed by atoms with van der Waals surface area (Å²) in [5.74, 6) is 0.214. The maximum absolute atomic E-state index is 9.85. The third kappa shape index (κ3) is 4.89. The van der Waals surface area contributed by atoms with Crippen molar-refractivity contribution in [3.05, 3.63) is 36.0 Å². The number of primary amides is 1. The zero-order valence-electron chi connectivity index (χ0n) is 14.7. The number of para-hydroxylation sites is 1. The standard InChI is InChI=1S/C16H19NO5.C2H5NO/c1-9-5-6-17-15-10(9)3-2-4-12(15)21-14-7-11(19)16(20)13(8-18)22-14;1-2(3)4/h2-6,11,13-14,16,18-20H,7-8H2,1H3;1H3,(H2,3,4). The van der Waals surface area contributed by atoms with E-state index in [2.05, 4.69) is 10.7 Å². The summed E-state index contributed by atoms with van der Waals surface area (Å²) in [6.45, 7) is 2.91. The van der Waals surface area contributed by atoms with Crippen LogP contribution in [0.1, 0.15) is 18.9 Å². The van der Waals surface area contributed by atoms with Crippen LogP contribution in [-0.4, -0.2) is 57.4 Å². The van der Waals surface area contributed by atoms with Crippen molar-refractivity contribution < 1.29 is 29.6 Å². The number of ether oxygens (including phenoxy) is 2. The number of aromatic nitrogens is 1. The monoisotopic (exact) mass is 364 g/mol. The molecule has 1 amide bonds. The van der Waals surface area contributed by atoms with Gasteiger partial charge in [-0.25, -0.2) is 0 Å². The van der Waals surface area contributed by atoms with Gasteiger partial charge >= 0.3 is 0 Å². The van der Waals surface area contributed by atoms with E-state index in [0.717, 1.165) is 10.9 Å². The first-order valence-corrected chi connectivity index (χ1v) is 8.23. The van der Waals surface area contributed by atoms with Gasteiger partial charge in [-0.05, 0) is 24.6 Å². The van der Waals surface area contributed by atoms with E-state index in [0.29, 0.717) is 11.3 Å². The zero-order valence-corrected chi connectivity index (χ0v) is 14.7. The smallest absolute Gasteiger partial charge is 0.214 e. The van der Waals surface area contributed by atoms with Gasteiger partial charge in [-0.2, -0.15) is 0 Å². The highest BCUT2D eigenvalue weighted by molar-refractivity contribution is 5.86. The van der Waals surface area contributed by atoms with Crippen LogP contribution in [0.5, 0.6) is 5.75 Å². The number of hydrogen-bond acceptors (Lipinski definition) is 7. The van der Waals surface area contributed by atoms with Crippen molar-refractivity contribution in [2.45, 2.75) is 44.9 Å². The molecule has 8 nitrogen and oxygen atoms in total. The molecule has 2 aromatic rings. The number of nitrogens with zero attached hydrogens (tertiary/aromatic N) is 1. The second-order valence-electron chi connectivity index (χ2n) is 6.09. The number of hydrogen-bond donors (Lipinski definition) is 4. The number of benzene rings is 1. The molecule has 0 aliphatic carbocycles. The lowest BCUT2D eigenvalue weighted by atomic mass is 10.0. The summed E-state index contributed by atoms with van der Waals surface area (Å²) in [7, 11) is 0. The zero-order chi connectivity index (χ0) is 19.3. The van der Waals surface area contributed by atoms with Gasteiger partial charge in [-0.15, -0.1) is 0 Å². The minimum Gasteiger partial charge on any atom is -0.463 e. The molecule has 0 bridgehead atoms. The first-order chi connectivity index (χ1) is 12.3. The number of aryl methyl sites for hydroxylation is 1. The molecule has 26 heavy (non-hydrogen) atoms. The van der Waals surface area contributed by atoms with E-state index < -0.39 is 24.6 Å². The van der Waals surface area contributed by atoms with E-state index in [1.54, 1.807) is 12.3 Å². The van der Waals surface area contributed by atoms with Crippen LogP contribution < -0.4 is 10.5 Å².